The van der Waals surface area contributed by atoms with Gasteiger partial charge in [-0.05, 0) is 25.3 Å². The molecule has 152 valence electrons. The van der Waals surface area contributed by atoms with E-state index in [-0.39, 0.29) is 6.61 Å². The van der Waals surface area contributed by atoms with Crippen molar-refractivity contribution >= 4 is 0 Å². The first-order valence-electron chi connectivity index (χ1n) is 10.1. The van der Waals surface area contributed by atoms with Gasteiger partial charge in [-0.3, -0.25) is 9.80 Å². The lowest BCUT2D eigenvalue weighted by molar-refractivity contribution is 0.0264. The van der Waals surface area contributed by atoms with Crippen LogP contribution < -0.4 is 14.2 Å². The van der Waals surface area contributed by atoms with Crippen molar-refractivity contribution in [1.82, 2.24) is 9.80 Å². The maximum absolute atomic E-state index is 9.57. The molecule has 0 amide bonds. The standard InChI is InChI=1S/C21H34N2O4/c1-25-19-9-8-16(20(26-2)21(19)27-3)14-22-11-12-23(17-6-4-5-7-17)18(15-22)10-13-24/h8-9,17-18,24H,4-7,10-15H2,1-3H3. The first kappa shape index (κ1) is 20.2. The van der Waals surface area contributed by atoms with Gasteiger partial charge in [0.25, 0.3) is 0 Å². The molecule has 1 aliphatic heterocycles. The van der Waals surface area contributed by atoms with Crippen molar-refractivity contribution in [1.29, 1.82) is 0 Å². The van der Waals surface area contributed by atoms with E-state index in [1.807, 2.05) is 6.07 Å². The zero-order valence-corrected chi connectivity index (χ0v) is 16.9. The van der Waals surface area contributed by atoms with Gasteiger partial charge in [-0.1, -0.05) is 18.9 Å². The zero-order chi connectivity index (χ0) is 19.2. The molecule has 2 aliphatic rings. The minimum absolute atomic E-state index is 0.251. The molecular weight excluding hydrogens is 344 g/mol. The number of rotatable bonds is 8. The highest BCUT2D eigenvalue weighted by Gasteiger charge is 2.33. The average Bonchev–Trinajstić information content (AvgIpc) is 3.22. The highest BCUT2D eigenvalue weighted by molar-refractivity contribution is 5.55. The van der Waals surface area contributed by atoms with E-state index >= 15 is 0 Å². The summed E-state index contributed by atoms with van der Waals surface area (Å²) in [6.45, 7) is 4.15. The van der Waals surface area contributed by atoms with Gasteiger partial charge in [0.2, 0.25) is 5.75 Å². The molecule has 1 N–H and O–H groups in total. The fourth-order valence-electron chi connectivity index (χ4n) is 4.73. The Morgan fingerprint density at radius 2 is 1.74 bits per heavy atom. The predicted octanol–water partition coefficient (Wildman–Crippen LogP) is 2.52. The van der Waals surface area contributed by atoms with E-state index in [1.165, 1.54) is 25.7 Å². The van der Waals surface area contributed by atoms with Gasteiger partial charge in [-0.25, -0.2) is 0 Å². The van der Waals surface area contributed by atoms with Crippen LogP contribution in [0.5, 0.6) is 17.2 Å². The lowest BCUT2D eigenvalue weighted by Crippen LogP contribution is -2.56. The minimum atomic E-state index is 0.251. The summed E-state index contributed by atoms with van der Waals surface area (Å²) in [5.41, 5.74) is 1.10. The Balaban J connectivity index is 1.72. The topological polar surface area (TPSA) is 54.4 Å². The molecule has 1 aromatic carbocycles. The summed E-state index contributed by atoms with van der Waals surface area (Å²) < 4.78 is 16.6. The molecule has 0 bridgehead atoms. The van der Waals surface area contributed by atoms with E-state index in [4.69, 9.17) is 14.2 Å². The smallest absolute Gasteiger partial charge is 0.203 e. The van der Waals surface area contributed by atoms with Crippen molar-refractivity contribution < 1.29 is 19.3 Å². The first-order valence-corrected chi connectivity index (χ1v) is 10.1. The van der Waals surface area contributed by atoms with E-state index < -0.39 is 0 Å². The summed E-state index contributed by atoms with van der Waals surface area (Å²) in [6, 6.07) is 5.14. The third kappa shape index (κ3) is 4.50. The van der Waals surface area contributed by atoms with Gasteiger partial charge >= 0.3 is 0 Å². The highest BCUT2D eigenvalue weighted by atomic mass is 16.5. The highest BCUT2D eigenvalue weighted by Crippen LogP contribution is 2.40. The Kier molecular flexibility index (Phi) is 7.21. The van der Waals surface area contributed by atoms with Crippen LogP contribution in [-0.2, 0) is 6.54 Å². The molecule has 1 aromatic rings. The number of aliphatic hydroxyl groups excluding tert-OH is 1. The normalized spacial score (nSPS) is 22.1. The van der Waals surface area contributed by atoms with E-state index in [2.05, 4.69) is 15.9 Å². The number of nitrogens with zero attached hydrogens (tertiary/aromatic N) is 2. The Bertz CT molecular complexity index is 604. The summed E-state index contributed by atoms with van der Waals surface area (Å²) in [5, 5.41) is 9.57. The molecule has 3 rings (SSSR count). The van der Waals surface area contributed by atoms with Gasteiger partial charge in [0.15, 0.2) is 11.5 Å². The SMILES string of the molecule is COc1ccc(CN2CCN(C3CCCC3)C(CCO)C2)c(OC)c1OC. The van der Waals surface area contributed by atoms with Gasteiger partial charge in [0.05, 0.1) is 21.3 Å². The van der Waals surface area contributed by atoms with Crippen molar-refractivity contribution in [3.63, 3.8) is 0 Å². The van der Waals surface area contributed by atoms with Gasteiger partial charge in [0, 0.05) is 50.4 Å². The summed E-state index contributed by atoms with van der Waals surface area (Å²) in [7, 11) is 4.95. The lowest BCUT2D eigenvalue weighted by Gasteiger charge is -2.44. The van der Waals surface area contributed by atoms with Crippen molar-refractivity contribution in [3.05, 3.63) is 17.7 Å². The first-order chi connectivity index (χ1) is 13.2. The Morgan fingerprint density at radius 3 is 2.37 bits per heavy atom. The molecule has 6 nitrogen and oxygen atoms in total. The maximum atomic E-state index is 9.57. The molecule has 0 spiro atoms. The summed E-state index contributed by atoms with van der Waals surface area (Å²) in [4.78, 5) is 5.13. The molecule has 1 aliphatic carbocycles. The average molecular weight is 379 g/mol. The van der Waals surface area contributed by atoms with E-state index in [0.29, 0.717) is 23.6 Å². The van der Waals surface area contributed by atoms with Crippen LogP contribution >= 0.6 is 0 Å². The Hall–Kier alpha value is -1.50. The maximum Gasteiger partial charge on any atom is 0.203 e. The van der Waals surface area contributed by atoms with E-state index in [0.717, 1.165) is 43.9 Å². The van der Waals surface area contributed by atoms with Gasteiger partial charge in [0.1, 0.15) is 0 Å². The molecule has 0 aromatic heterocycles. The molecule has 6 heteroatoms. The number of hydrogen-bond acceptors (Lipinski definition) is 6. The monoisotopic (exact) mass is 378 g/mol. The second-order valence-electron chi connectivity index (χ2n) is 7.57. The number of hydrogen-bond donors (Lipinski definition) is 1. The van der Waals surface area contributed by atoms with Crippen LogP contribution in [0.3, 0.4) is 0 Å². The Labute approximate surface area is 163 Å². The van der Waals surface area contributed by atoms with E-state index in [1.54, 1.807) is 21.3 Å². The number of aliphatic hydroxyl groups is 1. The lowest BCUT2D eigenvalue weighted by atomic mass is 10.0. The fourth-order valence-corrected chi connectivity index (χ4v) is 4.73. The molecule has 1 saturated carbocycles. The molecule has 2 fully saturated rings. The Morgan fingerprint density at radius 1 is 1.00 bits per heavy atom. The van der Waals surface area contributed by atoms with Gasteiger partial charge in [-0.15, -0.1) is 0 Å². The van der Waals surface area contributed by atoms with Crippen LogP contribution in [0.2, 0.25) is 0 Å². The van der Waals surface area contributed by atoms with Crippen LogP contribution in [0.25, 0.3) is 0 Å². The van der Waals surface area contributed by atoms with Crippen LogP contribution in [-0.4, -0.2) is 74.6 Å². The van der Waals surface area contributed by atoms with Crippen molar-refractivity contribution in [2.24, 2.45) is 0 Å². The van der Waals surface area contributed by atoms with Crippen LogP contribution in [0, 0.1) is 0 Å². The summed E-state index contributed by atoms with van der Waals surface area (Å²) in [6.07, 6.45) is 6.16. The summed E-state index contributed by atoms with van der Waals surface area (Å²) >= 11 is 0. The van der Waals surface area contributed by atoms with Gasteiger partial charge in [-0.2, -0.15) is 0 Å². The zero-order valence-electron chi connectivity index (χ0n) is 16.9. The molecule has 0 radical (unpaired) electrons. The van der Waals surface area contributed by atoms with Crippen molar-refractivity contribution in [3.8, 4) is 17.2 Å². The number of piperazine rings is 1. The third-order valence-electron chi connectivity index (χ3n) is 6.05. The molecule has 1 saturated heterocycles. The second kappa shape index (κ2) is 9.62. The predicted molar refractivity (Wildman–Crippen MR) is 106 cm³/mol. The fraction of sp³-hybridized carbons (Fsp3) is 0.714. The minimum Gasteiger partial charge on any atom is -0.493 e. The quantitative estimate of drug-likeness (QED) is 0.750. The third-order valence-corrected chi connectivity index (χ3v) is 6.05. The molecular formula is C21H34N2O4. The number of benzene rings is 1. The molecule has 1 unspecified atom stereocenters. The van der Waals surface area contributed by atoms with Gasteiger partial charge < -0.3 is 19.3 Å². The molecule has 1 heterocycles. The number of methoxy groups -OCH3 is 3. The van der Waals surface area contributed by atoms with Crippen LogP contribution in [0.1, 0.15) is 37.7 Å². The molecule has 27 heavy (non-hydrogen) atoms. The van der Waals surface area contributed by atoms with Crippen molar-refractivity contribution in [2.45, 2.75) is 50.7 Å². The van der Waals surface area contributed by atoms with Crippen molar-refractivity contribution in [2.75, 3.05) is 47.6 Å². The second-order valence-corrected chi connectivity index (χ2v) is 7.57. The molecule has 1 atom stereocenters. The largest absolute Gasteiger partial charge is 0.493 e. The summed E-state index contributed by atoms with van der Waals surface area (Å²) in [5.74, 6) is 2.07. The number of ether oxygens (including phenoxy) is 3. The van der Waals surface area contributed by atoms with Crippen LogP contribution in [0.15, 0.2) is 12.1 Å². The van der Waals surface area contributed by atoms with E-state index in [9.17, 15) is 5.11 Å². The van der Waals surface area contributed by atoms with Crippen LogP contribution in [0.4, 0.5) is 0 Å².